The molecule has 0 saturated carbocycles. The SMILES string of the molecule is COCCn1cnnc1CN(C)C(=O)NCCc1cnn(C)c1. The zero-order chi connectivity index (χ0) is 16.7. The Balaban J connectivity index is 1.77. The second kappa shape index (κ2) is 8.28. The van der Waals surface area contributed by atoms with Crippen LogP contribution >= 0.6 is 0 Å². The van der Waals surface area contributed by atoms with Crippen LogP contribution in [0.5, 0.6) is 0 Å². The lowest BCUT2D eigenvalue weighted by Gasteiger charge is -2.17. The van der Waals surface area contributed by atoms with Gasteiger partial charge in [0.1, 0.15) is 6.33 Å². The summed E-state index contributed by atoms with van der Waals surface area (Å²) in [5.74, 6) is 0.729. The van der Waals surface area contributed by atoms with Crippen molar-refractivity contribution < 1.29 is 9.53 Å². The van der Waals surface area contributed by atoms with E-state index in [1.165, 1.54) is 0 Å². The highest BCUT2D eigenvalue weighted by Crippen LogP contribution is 2.01. The molecule has 0 unspecified atom stereocenters. The average Bonchev–Trinajstić information content (AvgIpc) is 3.14. The van der Waals surface area contributed by atoms with Crippen LogP contribution in [-0.4, -0.2) is 62.8 Å². The average molecular weight is 321 g/mol. The first-order valence-corrected chi connectivity index (χ1v) is 7.42. The highest BCUT2D eigenvalue weighted by molar-refractivity contribution is 5.73. The Morgan fingerprint density at radius 2 is 2.30 bits per heavy atom. The highest BCUT2D eigenvalue weighted by atomic mass is 16.5. The summed E-state index contributed by atoms with van der Waals surface area (Å²) < 4.78 is 8.67. The Bertz CT molecular complexity index is 622. The van der Waals surface area contributed by atoms with E-state index in [1.807, 2.05) is 17.8 Å². The molecule has 2 aromatic heterocycles. The van der Waals surface area contributed by atoms with Crippen LogP contribution in [0.4, 0.5) is 4.79 Å². The zero-order valence-electron chi connectivity index (χ0n) is 13.8. The molecular weight excluding hydrogens is 298 g/mol. The van der Waals surface area contributed by atoms with Crippen molar-refractivity contribution in [1.82, 2.24) is 34.8 Å². The van der Waals surface area contributed by atoms with Crippen molar-refractivity contribution in [3.8, 4) is 0 Å². The minimum atomic E-state index is -0.143. The molecule has 0 atom stereocenters. The van der Waals surface area contributed by atoms with Gasteiger partial charge in [-0.25, -0.2) is 4.79 Å². The Morgan fingerprint density at radius 3 is 3.00 bits per heavy atom. The predicted octanol–water partition coefficient (Wildman–Crippen LogP) is 0.0421. The van der Waals surface area contributed by atoms with Crippen LogP contribution in [0.3, 0.4) is 0 Å². The Hall–Kier alpha value is -2.42. The van der Waals surface area contributed by atoms with E-state index in [4.69, 9.17) is 4.74 Å². The smallest absolute Gasteiger partial charge is 0.317 e. The molecule has 0 spiro atoms. The maximum atomic E-state index is 12.1. The molecule has 0 saturated heterocycles. The second-order valence-electron chi connectivity index (χ2n) is 5.29. The number of amides is 2. The number of hydrogen-bond donors (Lipinski definition) is 1. The first-order valence-electron chi connectivity index (χ1n) is 7.42. The van der Waals surface area contributed by atoms with Crippen LogP contribution in [0, 0.1) is 0 Å². The molecule has 0 aliphatic carbocycles. The molecule has 23 heavy (non-hydrogen) atoms. The number of urea groups is 1. The van der Waals surface area contributed by atoms with Crippen LogP contribution < -0.4 is 5.32 Å². The molecule has 1 N–H and O–H groups in total. The van der Waals surface area contributed by atoms with E-state index in [0.717, 1.165) is 17.8 Å². The van der Waals surface area contributed by atoms with E-state index in [9.17, 15) is 4.79 Å². The molecular formula is C14H23N7O2. The largest absolute Gasteiger partial charge is 0.383 e. The Morgan fingerprint density at radius 1 is 1.48 bits per heavy atom. The number of carbonyl (C=O) groups excluding carboxylic acids is 1. The van der Waals surface area contributed by atoms with Crippen LogP contribution in [0.15, 0.2) is 18.7 Å². The van der Waals surface area contributed by atoms with Gasteiger partial charge in [-0.3, -0.25) is 4.68 Å². The first-order chi connectivity index (χ1) is 11.1. The molecule has 0 aliphatic rings. The van der Waals surface area contributed by atoms with Crippen LogP contribution in [0.1, 0.15) is 11.4 Å². The molecule has 2 amide bonds. The lowest BCUT2D eigenvalue weighted by molar-refractivity contribution is 0.184. The minimum Gasteiger partial charge on any atom is -0.383 e. The van der Waals surface area contributed by atoms with Gasteiger partial charge in [0, 0.05) is 40.5 Å². The van der Waals surface area contributed by atoms with Gasteiger partial charge in [0.05, 0.1) is 19.3 Å². The zero-order valence-corrected chi connectivity index (χ0v) is 13.8. The molecule has 0 aromatic carbocycles. The van der Waals surface area contributed by atoms with Crippen molar-refractivity contribution in [2.75, 3.05) is 27.3 Å². The third-order valence-corrected chi connectivity index (χ3v) is 3.41. The van der Waals surface area contributed by atoms with Gasteiger partial charge < -0.3 is 19.5 Å². The van der Waals surface area contributed by atoms with E-state index >= 15 is 0 Å². The van der Waals surface area contributed by atoms with E-state index in [0.29, 0.717) is 26.2 Å². The molecule has 0 fully saturated rings. The van der Waals surface area contributed by atoms with Gasteiger partial charge in [-0.1, -0.05) is 0 Å². The molecule has 0 aliphatic heterocycles. The number of ether oxygens (including phenoxy) is 1. The Labute approximate surface area is 135 Å². The highest BCUT2D eigenvalue weighted by Gasteiger charge is 2.12. The summed E-state index contributed by atoms with van der Waals surface area (Å²) in [6, 6.07) is -0.143. The maximum Gasteiger partial charge on any atom is 0.317 e. The fraction of sp³-hybridized carbons (Fsp3) is 0.571. The number of hydrogen-bond acceptors (Lipinski definition) is 5. The van der Waals surface area contributed by atoms with Crippen LogP contribution in [0.2, 0.25) is 0 Å². The molecule has 2 rings (SSSR count). The number of aromatic nitrogens is 5. The lowest BCUT2D eigenvalue weighted by atomic mass is 10.2. The normalized spacial score (nSPS) is 10.7. The van der Waals surface area contributed by atoms with Crippen molar-refractivity contribution in [2.24, 2.45) is 7.05 Å². The number of methoxy groups -OCH3 is 1. The van der Waals surface area contributed by atoms with Gasteiger partial charge in [0.2, 0.25) is 0 Å². The third-order valence-electron chi connectivity index (χ3n) is 3.41. The summed E-state index contributed by atoms with van der Waals surface area (Å²) >= 11 is 0. The van der Waals surface area contributed by atoms with Gasteiger partial charge in [0.25, 0.3) is 0 Å². The Kier molecular flexibility index (Phi) is 6.10. The van der Waals surface area contributed by atoms with Crippen molar-refractivity contribution in [3.63, 3.8) is 0 Å². The molecule has 0 bridgehead atoms. The fourth-order valence-electron chi connectivity index (χ4n) is 2.11. The molecule has 2 heterocycles. The number of rotatable bonds is 8. The number of nitrogens with zero attached hydrogens (tertiary/aromatic N) is 6. The molecule has 0 radical (unpaired) electrons. The lowest BCUT2D eigenvalue weighted by Crippen LogP contribution is -2.38. The number of carbonyl (C=O) groups is 1. The molecule has 2 aromatic rings. The number of aryl methyl sites for hydroxylation is 1. The fourth-order valence-corrected chi connectivity index (χ4v) is 2.11. The quantitative estimate of drug-likeness (QED) is 0.741. The van der Waals surface area contributed by atoms with E-state index in [1.54, 1.807) is 36.3 Å². The topological polar surface area (TPSA) is 90.1 Å². The molecule has 9 heteroatoms. The van der Waals surface area contributed by atoms with E-state index in [-0.39, 0.29) is 6.03 Å². The van der Waals surface area contributed by atoms with Crippen LogP contribution in [-0.2, 0) is 31.3 Å². The maximum absolute atomic E-state index is 12.1. The predicted molar refractivity (Wildman–Crippen MR) is 83.7 cm³/mol. The summed E-state index contributed by atoms with van der Waals surface area (Å²) in [7, 11) is 5.25. The number of nitrogens with one attached hydrogen (secondary N) is 1. The summed E-state index contributed by atoms with van der Waals surface area (Å²) in [5.41, 5.74) is 1.09. The van der Waals surface area contributed by atoms with Crippen molar-refractivity contribution >= 4 is 6.03 Å². The van der Waals surface area contributed by atoms with Crippen molar-refractivity contribution in [1.29, 1.82) is 0 Å². The third kappa shape index (κ3) is 5.06. The van der Waals surface area contributed by atoms with Crippen LogP contribution in [0.25, 0.3) is 0 Å². The standard InChI is InChI=1S/C14H23N7O2/c1-19(10-13-18-16-11-21(13)6-7-23-3)14(22)15-5-4-12-8-17-20(2)9-12/h8-9,11H,4-7,10H2,1-3H3,(H,15,22). The van der Waals surface area contributed by atoms with E-state index in [2.05, 4.69) is 20.6 Å². The second-order valence-corrected chi connectivity index (χ2v) is 5.29. The first kappa shape index (κ1) is 16.9. The molecule has 126 valence electrons. The minimum absolute atomic E-state index is 0.143. The van der Waals surface area contributed by atoms with Crippen molar-refractivity contribution in [2.45, 2.75) is 19.5 Å². The van der Waals surface area contributed by atoms with Gasteiger partial charge in [-0.15, -0.1) is 10.2 Å². The van der Waals surface area contributed by atoms with E-state index < -0.39 is 0 Å². The summed E-state index contributed by atoms with van der Waals surface area (Å²) in [6.07, 6.45) is 6.13. The molecule has 9 nitrogen and oxygen atoms in total. The van der Waals surface area contributed by atoms with Crippen molar-refractivity contribution in [3.05, 3.63) is 30.1 Å². The monoisotopic (exact) mass is 321 g/mol. The summed E-state index contributed by atoms with van der Waals surface area (Å²) in [4.78, 5) is 13.7. The summed E-state index contributed by atoms with van der Waals surface area (Å²) in [6.45, 7) is 2.19. The van der Waals surface area contributed by atoms with Gasteiger partial charge >= 0.3 is 6.03 Å². The summed E-state index contributed by atoms with van der Waals surface area (Å²) in [5, 5.41) is 14.9. The van der Waals surface area contributed by atoms with Gasteiger partial charge in [-0.05, 0) is 12.0 Å². The van der Waals surface area contributed by atoms with Gasteiger partial charge in [0.15, 0.2) is 5.82 Å². The van der Waals surface area contributed by atoms with Gasteiger partial charge in [-0.2, -0.15) is 5.10 Å².